The van der Waals surface area contributed by atoms with Crippen LogP contribution in [-0.4, -0.2) is 56.7 Å². The van der Waals surface area contributed by atoms with Crippen molar-refractivity contribution in [3.8, 4) is 5.75 Å². The number of aryl methyl sites for hydroxylation is 2. The summed E-state index contributed by atoms with van der Waals surface area (Å²) in [6, 6.07) is 6.74. The van der Waals surface area contributed by atoms with Crippen LogP contribution >= 0.6 is 24.0 Å². The minimum absolute atomic E-state index is 0. The summed E-state index contributed by atoms with van der Waals surface area (Å²) < 4.78 is 5.94. The van der Waals surface area contributed by atoms with Gasteiger partial charge in [0.1, 0.15) is 12.4 Å². The lowest BCUT2D eigenvalue weighted by atomic mass is 10.1. The number of halogens is 1. The molecule has 0 bridgehead atoms. The second kappa shape index (κ2) is 12.4. The molecule has 1 heterocycles. The van der Waals surface area contributed by atoms with Crippen LogP contribution in [0.3, 0.4) is 0 Å². The lowest BCUT2D eigenvalue weighted by Gasteiger charge is -2.32. The predicted octanol–water partition coefficient (Wildman–Crippen LogP) is 3.34. The van der Waals surface area contributed by atoms with Gasteiger partial charge in [-0.25, -0.2) is 0 Å². The molecule has 0 unspecified atom stereocenters. The molecule has 5 nitrogen and oxygen atoms in total. The molecular formula is C20H35IN4O. The first-order valence-electron chi connectivity index (χ1n) is 9.52. The SMILES string of the molecule is CCCN1CCC(NC(=NC)NCCOc2c(C)cccc2C)CC1.I. The summed E-state index contributed by atoms with van der Waals surface area (Å²) in [6.45, 7) is 11.4. The van der Waals surface area contributed by atoms with Crippen molar-refractivity contribution in [1.29, 1.82) is 0 Å². The molecule has 148 valence electrons. The van der Waals surface area contributed by atoms with Crippen LogP contribution in [0.2, 0.25) is 0 Å². The van der Waals surface area contributed by atoms with Crippen molar-refractivity contribution in [2.75, 3.05) is 39.8 Å². The van der Waals surface area contributed by atoms with Gasteiger partial charge in [0.05, 0.1) is 6.54 Å². The molecule has 1 saturated heterocycles. The Hall–Kier alpha value is -1.02. The Morgan fingerprint density at radius 1 is 1.23 bits per heavy atom. The molecule has 1 aliphatic heterocycles. The van der Waals surface area contributed by atoms with Crippen LogP contribution in [-0.2, 0) is 0 Å². The number of hydrogen-bond donors (Lipinski definition) is 2. The molecule has 1 fully saturated rings. The Morgan fingerprint density at radius 3 is 2.46 bits per heavy atom. The van der Waals surface area contributed by atoms with Gasteiger partial charge in [0.25, 0.3) is 0 Å². The number of para-hydroxylation sites is 1. The molecule has 0 radical (unpaired) electrons. The Labute approximate surface area is 176 Å². The Morgan fingerprint density at radius 2 is 1.88 bits per heavy atom. The number of nitrogens with one attached hydrogen (secondary N) is 2. The highest BCUT2D eigenvalue weighted by Gasteiger charge is 2.19. The highest BCUT2D eigenvalue weighted by atomic mass is 127. The summed E-state index contributed by atoms with van der Waals surface area (Å²) in [5, 5.41) is 6.91. The minimum atomic E-state index is 0. The summed E-state index contributed by atoms with van der Waals surface area (Å²) in [7, 11) is 1.83. The summed E-state index contributed by atoms with van der Waals surface area (Å²) >= 11 is 0. The third kappa shape index (κ3) is 7.31. The number of benzene rings is 1. The molecule has 0 atom stereocenters. The van der Waals surface area contributed by atoms with Crippen LogP contribution in [0.5, 0.6) is 5.75 Å². The number of piperidine rings is 1. The molecule has 1 aliphatic rings. The van der Waals surface area contributed by atoms with Crippen LogP contribution in [0.15, 0.2) is 23.2 Å². The van der Waals surface area contributed by atoms with Gasteiger partial charge >= 0.3 is 0 Å². The molecule has 0 amide bonds. The van der Waals surface area contributed by atoms with E-state index in [0.29, 0.717) is 12.6 Å². The number of nitrogens with zero attached hydrogens (tertiary/aromatic N) is 2. The number of ether oxygens (including phenoxy) is 1. The van der Waals surface area contributed by atoms with E-state index in [4.69, 9.17) is 4.74 Å². The number of aliphatic imine (C=N–C) groups is 1. The molecule has 1 aromatic carbocycles. The third-order valence-electron chi connectivity index (χ3n) is 4.74. The number of guanidine groups is 1. The summed E-state index contributed by atoms with van der Waals surface area (Å²) in [6.07, 6.45) is 3.60. The van der Waals surface area contributed by atoms with Gasteiger partial charge in [-0.15, -0.1) is 24.0 Å². The normalized spacial score (nSPS) is 16.1. The zero-order chi connectivity index (χ0) is 18.1. The van der Waals surface area contributed by atoms with E-state index >= 15 is 0 Å². The van der Waals surface area contributed by atoms with Gasteiger partial charge in [-0.1, -0.05) is 25.1 Å². The highest BCUT2D eigenvalue weighted by molar-refractivity contribution is 14.0. The number of likely N-dealkylation sites (tertiary alicyclic amines) is 1. The average molecular weight is 474 g/mol. The van der Waals surface area contributed by atoms with E-state index in [1.807, 2.05) is 7.05 Å². The molecule has 26 heavy (non-hydrogen) atoms. The van der Waals surface area contributed by atoms with E-state index < -0.39 is 0 Å². The maximum atomic E-state index is 5.94. The van der Waals surface area contributed by atoms with Crippen LogP contribution in [0.25, 0.3) is 0 Å². The largest absolute Gasteiger partial charge is 0.491 e. The van der Waals surface area contributed by atoms with Crippen molar-refractivity contribution < 1.29 is 4.74 Å². The van der Waals surface area contributed by atoms with Crippen molar-refractivity contribution in [2.24, 2.45) is 4.99 Å². The van der Waals surface area contributed by atoms with Gasteiger partial charge in [0.2, 0.25) is 0 Å². The van der Waals surface area contributed by atoms with Crippen LogP contribution < -0.4 is 15.4 Å². The quantitative estimate of drug-likeness (QED) is 0.276. The molecule has 6 heteroatoms. The fourth-order valence-electron chi connectivity index (χ4n) is 3.35. The van der Waals surface area contributed by atoms with E-state index in [1.165, 1.54) is 50.0 Å². The van der Waals surface area contributed by atoms with Gasteiger partial charge in [-0.2, -0.15) is 0 Å². The lowest BCUT2D eigenvalue weighted by molar-refractivity contribution is 0.206. The van der Waals surface area contributed by atoms with Crippen molar-refractivity contribution in [3.05, 3.63) is 29.3 Å². The highest BCUT2D eigenvalue weighted by Crippen LogP contribution is 2.21. The first-order valence-corrected chi connectivity index (χ1v) is 9.52. The zero-order valence-corrected chi connectivity index (χ0v) is 19.0. The van der Waals surface area contributed by atoms with Crippen LogP contribution in [0.1, 0.15) is 37.3 Å². The Kier molecular flexibility index (Phi) is 11.0. The van der Waals surface area contributed by atoms with Crippen molar-refractivity contribution in [2.45, 2.75) is 46.1 Å². The topological polar surface area (TPSA) is 48.9 Å². The summed E-state index contributed by atoms with van der Waals surface area (Å²) in [5.74, 6) is 1.87. The molecule has 0 aromatic heterocycles. The van der Waals surface area contributed by atoms with Crippen molar-refractivity contribution in [3.63, 3.8) is 0 Å². The van der Waals surface area contributed by atoms with E-state index in [-0.39, 0.29) is 24.0 Å². The Bertz CT molecular complexity index is 536. The molecule has 0 saturated carbocycles. The smallest absolute Gasteiger partial charge is 0.191 e. The zero-order valence-electron chi connectivity index (χ0n) is 16.7. The van der Waals surface area contributed by atoms with Crippen LogP contribution in [0, 0.1) is 13.8 Å². The van der Waals surface area contributed by atoms with Gasteiger partial charge in [-0.3, -0.25) is 4.99 Å². The van der Waals surface area contributed by atoms with Gasteiger partial charge in [-0.05, 0) is 50.8 Å². The summed E-state index contributed by atoms with van der Waals surface area (Å²) in [5.41, 5.74) is 2.36. The van der Waals surface area contributed by atoms with E-state index in [0.717, 1.165) is 18.3 Å². The standard InChI is InChI=1S/C20H34N4O.HI/c1-5-12-24-13-9-18(10-14-24)23-20(21-4)22-11-15-25-19-16(2)7-6-8-17(19)3;/h6-8,18H,5,9-15H2,1-4H3,(H2,21,22,23);1H. The predicted molar refractivity (Wildman–Crippen MR) is 121 cm³/mol. The van der Waals surface area contributed by atoms with Crippen molar-refractivity contribution in [1.82, 2.24) is 15.5 Å². The fraction of sp³-hybridized carbons (Fsp3) is 0.650. The summed E-state index contributed by atoms with van der Waals surface area (Å²) in [4.78, 5) is 6.89. The van der Waals surface area contributed by atoms with Gasteiger partial charge in [0.15, 0.2) is 5.96 Å². The lowest BCUT2D eigenvalue weighted by Crippen LogP contribution is -2.49. The second-order valence-corrected chi connectivity index (χ2v) is 6.83. The average Bonchev–Trinajstić information content (AvgIpc) is 2.61. The molecule has 0 aliphatic carbocycles. The third-order valence-corrected chi connectivity index (χ3v) is 4.74. The molecular weight excluding hydrogens is 439 g/mol. The monoisotopic (exact) mass is 474 g/mol. The van der Waals surface area contributed by atoms with Crippen molar-refractivity contribution >= 4 is 29.9 Å². The van der Waals surface area contributed by atoms with Crippen LogP contribution in [0.4, 0.5) is 0 Å². The van der Waals surface area contributed by atoms with E-state index in [1.54, 1.807) is 0 Å². The molecule has 2 rings (SSSR count). The fourth-order valence-corrected chi connectivity index (χ4v) is 3.35. The second-order valence-electron chi connectivity index (χ2n) is 6.83. The number of rotatable bonds is 7. The number of hydrogen-bond acceptors (Lipinski definition) is 3. The van der Waals surface area contributed by atoms with E-state index in [2.05, 4.69) is 59.5 Å². The molecule has 1 aromatic rings. The maximum Gasteiger partial charge on any atom is 0.191 e. The molecule has 2 N–H and O–H groups in total. The first-order chi connectivity index (χ1) is 12.1. The van der Waals surface area contributed by atoms with Gasteiger partial charge < -0.3 is 20.3 Å². The molecule has 0 spiro atoms. The van der Waals surface area contributed by atoms with Gasteiger partial charge in [0, 0.05) is 26.2 Å². The maximum absolute atomic E-state index is 5.94. The first kappa shape index (κ1) is 23.0. The minimum Gasteiger partial charge on any atom is -0.491 e. The van der Waals surface area contributed by atoms with E-state index in [9.17, 15) is 0 Å². The Balaban J connectivity index is 0.00000338.